The molecule has 1 saturated carbocycles. The van der Waals surface area contributed by atoms with E-state index in [0.29, 0.717) is 24.4 Å². The van der Waals surface area contributed by atoms with Gasteiger partial charge in [-0.3, -0.25) is 4.79 Å². The van der Waals surface area contributed by atoms with Gasteiger partial charge in [-0.2, -0.15) is 0 Å². The first-order valence-electron chi connectivity index (χ1n) is 12.2. The van der Waals surface area contributed by atoms with Gasteiger partial charge in [0.15, 0.2) is 0 Å². The van der Waals surface area contributed by atoms with Crippen LogP contribution in [0.2, 0.25) is 0 Å². The monoisotopic (exact) mass is 428 g/mol. The third-order valence-corrected chi connectivity index (χ3v) is 7.16. The predicted molar refractivity (Wildman–Crippen MR) is 124 cm³/mol. The van der Waals surface area contributed by atoms with Crippen molar-refractivity contribution in [3.63, 3.8) is 0 Å². The number of esters is 1. The quantitative estimate of drug-likeness (QED) is 0.212. The van der Waals surface area contributed by atoms with Crippen LogP contribution in [-0.4, -0.2) is 39.0 Å². The maximum atomic E-state index is 11.3. The minimum absolute atomic E-state index is 0.0958. The first kappa shape index (κ1) is 24.0. The molecular weight excluding hydrogens is 388 g/mol. The first-order chi connectivity index (χ1) is 15.2. The zero-order valence-electron chi connectivity index (χ0n) is 19.4. The molecule has 3 rings (SSSR count). The lowest BCUT2D eigenvalue weighted by Gasteiger charge is -2.39. The number of fused-ring (bicyclic) bond motifs is 2. The highest BCUT2D eigenvalue weighted by Crippen LogP contribution is 2.56. The summed E-state index contributed by atoms with van der Waals surface area (Å²) < 4.78 is 17.2. The minimum atomic E-state index is -0.127. The van der Waals surface area contributed by atoms with E-state index < -0.39 is 0 Å². The third kappa shape index (κ3) is 6.20. The van der Waals surface area contributed by atoms with E-state index in [0.717, 1.165) is 51.9 Å². The van der Waals surface area contributed by atoms with Gasteiger partial charge < -0.3 is 14.2 Å². The Bertz CT molecular complexity index is 686. The van der Waals surface area contributed by atoms with Gasteiger partial charge in [-0.15, -0.1) is 0 Å². The Balaban J connectivity index is 1.60. The summed E-state index contributed by atoms with van der Waals surface area (Å²) in [6.07, 6.45) is 14.2. The van der Waals surface area contributed by atoms with Crippen LogP contribution in [0.4, 0.5) is 0 Å². The standard InChI is InChI=1S/C27H40O4/c1-3-4-5-13-18-30-20-23-24(16-11-6-7-12-17-26(28)29-2)27(19-25(23)31-21-27)22-14-9-8-10-15-22/h6,8-11,14-15,23-25H,3-5,7,12-13,16-21H2,1-2H3/t23-,24-,25-,27-/m1/s1. The fourth-order valence-corrected chi connectivity index (χ4v) is 5.42. The van der Waals surface area contributed by atoms with Crippen molar-refractivity contribution >= 4 is 5.97 Å². The summed E-state index contributed by atoms with van der Waals surface area (Å²) in [5.74, 6) is 0.846. The summed E-state index contributed by atoms with van der Waals surface area (Å²) in [4.78, 5) is 11.3. The highest BCUT2D eigenvalue weighted by atomic mass is 16.5. The topological polar surface area (TPSA) is 44.8 Å². The van der Waals surface area contributed by atoms with Gasteiger partial charge in [0.2, 0.25) is 0 Å². The summed E-state index contributed by atoms with van der Waals surface area (Å²) in [5, 5.41) is 0. The van der Waals surface area contributed by atoms with Crippen molar-refractivity contribution in [2.24, 2.45) is 11.8 Å². The Morgan fingerprint density at radius 1 is 1.16 bits per heavy atom. The molecule has 4 nitrogen and oxygen atoms in total. The fraction of sp³-hybridized carbons (Fsp3) is 0.667. The van der Waals surface area contributed by atoms with Crippen LogP contribution in [0.5, 0.6) is 0 Å². The second-order valence-corrected chi connectivity index (χ2v) is 9.16. The molecule has 0 N–H and O–H groups in total. The van der Waals surface area contributed by atoms with E-state index in [1.54, 1.807) is 0 Å². The number of methoxy groups -OCH3 is 1. The maximum Gasteiger partial charge on any atom is 0.305 e. The molecule has 0 radical (unpaired) electrons. The molecule has 1 aromatic rings. The fourth-order valence-electron chi connectivity index (χ4n) is 5.42. The molecule has 0 aromatic heterocycles. The largest absolute Gasteiger partial charge is 0.469 e. The zero-order valence-corrected chi connectivity index (χ0v) is 19.4. The molecule has 1 aliphatic carbocycles. The second kappa shape index (κ2) is 12.4. The molecule has 4 heteroatoms. The van der Waals surface area contributed by atoms with Gasteiger partial charge in [0.25, 0.3) is 0 Å². The minimum Gasteiger partial charge on any atom is -0.469 e. The maximum absolute atomic E-state index is 11.3. The molecule has 2 fully saturated rings. The number of rotatable bonds is 14. The van der Waals surface area contributed by atoms with Crippen LogP contribution in [0, 0.1) is 11.8 Å². The number of unbranched alkanes of at least 4 members (excludes halogenated alkanes) is 4. The Hall–Kier alpha value is -1.65. The van der Waals surface area contributed by atoms with Crippen molar-refractivity contribution < 1.29 is 19.0 Å². The summed E-state index contributed by atoms with van der Waals surface area (Å²) in [7, 11) is 1.45. The van der Waals surface area contributed by atoms with Gasteiger partial charge in [-0.1, -0.05) is 68.7 Å². The van der Waals surface area contributed by atoms with Crippen molar-refractivity contribution in [2.45, 2.75) is 76.2 Å². The third-order valence-electron chi connectivity index (χ3n) is 7.16. The van der Waals surface area contributed by atoms with Crippen LogP contribution >= 0.6 is 0 Å². The van der Waals surface area contributed by atoms with Crippen LogP contribution in [0.3, 0.4) is 0 Å². The van der Waals surface area contributed by atoms with Gasteiger partial charge in [-0.05, 0) is 43.6 Å². The van der Waals surface area contributed by atoms with Crippen molar-refractivity contribution in [1.29, 1.82) is 0 Å². The van der Waals surface area contributed by atoms with Crippen LogP contribution in [0.15, 0.2) is 42.5 Å². The van der Waals surface area contributed by atoms with E-state index in [-0.39, 0.29) is 11.4 Å². The number of carbonyl (C=O) groups excluding carboxylic acids is 1. The van der Waals surface area contributed by atoms with Gasteiger partial charge in [0.1, 0.15) is 0 Å². The number of allylic oxidation sites excluding steroid dienone is 2. The van der Waals surface area contributed by atoms with Crippen molar-refractivity contribution in [2.75, 3.05) is 26.9 Å². The molecule has 31 heavy (non-hydrogen) atoms. The molecule has 4 atom stereocenters. The number of carbonyl (C=O) groups is 1. The molecular formula is C27H40O4. The van der Waals surface area contributed by atoms with Crippen LogP contribution in [-0.2, 0) is 24.4 Å². The molecule has 1 aliphatic heterocycles. The number of hydrogen-bond acceptors (Lipinski definition) is 4. The van der Waals surface area contributed by atoms with E-state index in [4.69, 9.17) is 14.2 Å². The van der Waals surface area contributed by atoms with Gasteiger partial charge in [-0.25, -0.2) is 0 Å². The Morgan fingerprint density at radius 2 is 2.00 bits per heavy atom. The van der Waals surface area contributed by atoms with Crippen LogP contribution < -0.4 is 0 Å². The highest BCUT2D eigenvalue weighted by Gasteiger charge is 2.58. The van der Waals surface area contributed by atoms with Crippen molar-refractivity contribution in [3.8, 4) is 0 Å². The van der Waals surface area contributed by atoms with Crippen LogP contribution in [0.1, 0.15) is 70.3 Å². The number of benzene rings is 1. The summed E-state index contributed by atoms with van der Waals surface area (Å²) in [6, 6.07) is 10.9. The summed E-state index contributed by atoms with van der Waals surface area (Å²) in [5.41, 5.74) is 1.51. The molecule has 1 saturated heterocycles. The lowest BCUT2D eigenvalue weighted by molar-refractivity contribution is -0.140. The van der Waals surface area contributed by atoms with E-state index in [1.165, 1.54) is 31.9 Å². The Kier molecular flexibility index (Phi) is 9.60. The highest BCUT2D eigenvalue weighted by molar-refractivity contribution is 5.69. The average Bonchev–Trinajstić information content (AvgIpc) is 3.37. The Morgan fingerprint density at radius 3 is 2.77 bits per heavy atom. The Labute approximate surface area is 188 Å². The normalized spacial score (nSPS) is 27.2. The van der Waals surface area contributed by atoms with E-state index >= 15 is 0 Å². The van der Waals surface area contributed by atoms with Crippen LogP contribution in [0.25, 0.3) is 0 Å². The molecule has 1 heterocycles. The predicted octanol–water partition coefficient (Wildman–Crippen LogP) is 5.85. The molecule has 0 amide bonds. The van der Waals surface area contributed by atoms with E-state index in [1.807, 2.05) is 0 Å². The molecule has 2 bridgehead atoms. The second-order valence-electron chi connectivity index (χ2n) is 9.16. The molecule has 172 valence electrons. The lowest BCUT2D eigenvalue weighted by atomic mass is 9.69. The number of ether oxygens (including phenoxy) is 3. The molecule has 2 aliphatic rings. The van der Waals surface area contributed by atoms with Crippen molar-refractivity contribution in [3.05, 3.63) is 48.0 Å². The van der Waals surface area contributed by atoms with Gasteiger partial charge in [0, 0.05) is 24.4 Å². The molecule has 1 aromatic carbocycles. The van der Waals surface area contributed by atoms with E-state index in [2.05, 4.69) is 49.4 Å². The summed E-state index contributed by atoms with van der Waals surface area (Å²) >= 11 is 0. The van der Waals surface area contributed by atoms with E-state index in [9.17, 15) is 4.79 Å². The van der Waals surface area contributed by atoms with Crippen molar-refractivity contribution in [1.82, 2.24) is 0 Å². The van der Waals surface area contributed by atoms with Gasteiger partial charge in [0.05, 0.1) is 26.4 Å². The molecule has 0 spiro atoms. The molecule has 0 unspecified atom stereocenters. The SMILES string of the molecule is CCCCCCOC[C@@H]1[C@@H](CC=CCCCC(=O)OC)[C@@]2(c3ccccc3)CO[C@@H]1C2. The number of hydrogen-bond donors (Lipinski definition) is 0. The zero-order chi connectivity index (χ0) is 21.9. The average molecular weight is 429 g/mol. The van der Waals surface area contributed by atoms with Gasteiger partial charge >= 0.3 is 5.97 Å². The lowest BCUT2D eigenvalue weighted by Crippen LogP contribution is -2.41. The smallest absolute Gasteiger partial charge is 0.305 e. The first-order valence-corrected chi connectivity index (χ1v) is 12.2. The summed E-state index contributed by atoms with van der Waals surface area (Å²) in [6.45, 7) is 4.71.